The standard InChI is InChI=1S/C8H8.C4H9N/c1-2-8-6-4-3-5-7-8;1-4-5(2)3/h2-7H,1H2;4H,1H2,2-3H3. The Morgan fingerprint density at radius 1 is 1.08 bits per heavy atom. The normalized spacial score (nSPS) is 7.85. The molecule has 1 aromatic rings. The van der Waals surface area contributed by atoms with Crippen molar-refractivity contribution >= 4 is 6.08 Å². The first-order chi connectivity index (χ1) is 6.20. The fourth-order valence-corrected chi connectivity index (χ4v) is 0.589. The molecule has 0 bridgehead atoms. The molecule has 0 aliphatic heterocycles. The Labute approximate surface area is 81.0 Å². The van der Waals surface area contributed by atoms with E-state index in [-0.39, 0.29) is 0 Å². The third-order valence-corrected chi connectivity index (χ3v) is 1.40. The summed E-state index contributed by atoms with van der Waals surface area (Å²) < 4.78 is 0. The first-order valence-electron chi connectivity index (χ1n) is 4.17. The highest BCUT2D eigenvalue weighted by molar-refractivity contribution is 5.45. The molecule has 0 aromatic heterocycles. The second-order valence-electron chi connectivity index (χ2n) is 2.76. The maximum Gasteiger partial charge on any atom is 0.00554 e. The number of hydrogen-bond donors (Lipinski definition) is 0. The summed E-state index contributed by atoms with van der Waals surface area (Å²) in [7, 11) is 3.88. The zero-order chi connectivity index (χ0) is 10.1. The van der Waals surface area contributed by atoms with Gasteiger partial charge in [0, 0.05) is 14.1 Å². The molecular weight excluding hydrogens is 158 g/mol. The lowest BCUT2D eigenvalue weighted by molar-refractivity contribution is 0.566. The van der Waals surface area contributed by atoms with Crippen LogP contribution in [0.4, 0.5) is 0 Å². The van der Waals surface area contributed by atoms with Crippen molar-refractivity contribution in [3.8, 4) is 0 Å². The molecule has 0 saturated carbocycles. The van der Waals surface area contributed by atoms with E-state index in [0.717, 1.165) is 0 Å². The van der Waals surface area contributed by atoms with Crippen LogP contribution in [0.1, 0.15) is 5.56 Å². The molecule has 0 unspecified atom stereocenters. The Balaban J connectivity index is 0.000000252. The highest BCUT2D eigenvalue weighted by Gasteiger charge is 1.75. The van der Waals surface area contributed by atoms with Crippen LogP contribution in [-0.2, 0) is 0 Å². The monoisotopic (exact) mass is 175 g/mol. The first-order valence-corrected chi connectivity index (χ1v) is 4.17. The lowest BCUT2D eigenvalue weighted by Crippen LogP contribution is -1.97. The molecule has 0 N–H and O–H groups in total. The van der Waals surface area contributed by atoms with Crippen molar-refractivity contribution in [1.29, 1.82) is 0 Å². The van der Waals surface area contributed by atoms with Crippen LogP contribution in [0.3, 0.4) is 0 Å². The van der Waals surface area contributed by atoms with E-state index in [1.54, 1.807) is 6.20 Å². The Morgan fingerprint density at radius 2 is 1.54 bits per heavy atom. The zero-order valence-electron chi connectivity index (χ0n) is 8.40. The van der Waals surface area contributed by atoms with Gasteiger partial charge in [0.2, 0.25) is 0 Å². The van der Waals surface area contributed by atoms with Crippen molar-refractivity contribution in [2.45, 2.75) is 0 Å². The maximum absolute atomic E-state index is 3.63. The van der Waals surface area contributed by atoms with E-state index in [4.69, 9.17) is 0 Å². The predicted octanol–water partition coefficient (Wildman–Crippen LogP) is 3.02. The lowest BCUT2D eigenvalue weighted by Gasteiger charge is -1.98. The molecule has 0 aliphatic carbocycles. The fraction of sp³-hybridized carbons (Fsp3) is 0.167. The number of hydrogen-bond acceptors (Lipinski definition) is 1. The van der Waals surface area contributed by atoms with Crippen LogP contribution in [0.2, 0.25) is 0 Å². The molecule has 0 saturated heterocycles. The second-order valence-corrected chi connectivity index (χ2v) is 2.76. The summed E-state index contributed by atoms with van der Waals surface area (Å²) in [4.78, 5) is 1.89. The topological polar surface area (TPSA) is 3.24 Å². The molecule has 1 aromatic carbocycles. The van der Waals surface area contributed by atoms with E-state index in [9.17, 15) is 0 Å². The van der Waals surface area contributed by atoms with Crippen molar-refractivity contribution in [2.24, 2.45) is 0 Å². The molecular formula is C12H17N. The lowest BCUT2D eigenvalue weighted by atomic mass is 10.2. The van der Waals surface area contributed by atoms with Crippen LogP contribution in [0, 0.1) is 0 Å². The quantitative estimate of drug-likeness (QED) is 0.668. The van der Waals surface area contributed by atoms with Gasteiger partial charge in [-0.15, -0.1) is 0 Å². The molecule has 0 amide bonds. The summed E-state index contributed by atoms with van der Waals surface area (Å²) in [5.74, 6) is 0. The summed E-state index contributed by atoms with van der Waals surface area (Å²) in [6, 6.07) is 10.0. The molecule has 13 heavy (non-hydrogen) atoms. The third-order valence-electron chi connectivity index (χ3n) is 1.40. The van der Waals surface area contributed by atoms with Gasteiger partial charge >= 0.3 is 0 Å². The molecule has 0 spiro atoms. The van der Waals surface area contributed by atoms with Crippen LogP contribution >= 0.6 is 0 Å². The Hall–Kier alpha value is -1.50. The number of nitrogens with zero attached hydrogens (tertiary/aromatic N) is 1. The fourth-order valence-electron chi connectivity index (χ4n) is 0.589. The minimum atomic E-state index is 1.17. The smallest absolute Gasteiger partial charge is 0.00554 e. The average molecular weight is 175 g/mol. The van der Waals surface area contributed by atoms with Gasteiger partial charge in [-0.05, 0) is 11.8 Å². The van der Waals surface area contributed by atoms with Crippen LogP contribution in [0.5, 0.6) is 0 Å². The van der Waals surface area contributed by atoms with E-state index >= 15 is 0 Å². The molecule has 1 nitrogen and oxygen atoms in total. The molecule has 1 rings (SSSR count). The van der Waals surface area contributed by atoms with Crippen molar-refractivity contribution in [3.05, 3.63) is 55.3 Å². The molecule has 0 fully saturated rings. The van der Waals surface area contributed by atoms with Gasteiger partial charge in [0.25, 0.3) is 0 Å². The Morgan fingerprint density at radius 3 is 1.77 bits per heavy atom. The highest BCUT2D eigenvalue weighted by atomic mass is 15.0. The molecule has 70 valence electrons. The summed E-state index contributed by atoms with van der Waals surface area (Å²) in [6.45, 7) is 7.12. The van der Waals surface area contributed by atoms with Crippen LogP contribution < -0.4 is 0 Å². The van der Waals surface area contributed by atoms with Gasteiger partial charge in [-0.25, -0.2) is 0 Å². The number of rotatable bonds is 2. The molecule has 0 radical (unpaired) electrons. The summed E-state index contributed by atoms with van der Waals surface area (Å²) in [5, 5.41) is 0. The van der Waals surface area contributed by atoms with E-state index < -0.39 is 0 Å². The zero-order valence-corrected chi connectivity index (χ0v) is 8.40. The molecule has 1 heteroatoms. The molecule has 0 aliphatic rings. The van der Waals surface area contributed by atoms with Crippen molar-refractivity contribution in [2.75, 3.05) is 14.1 Å². The number of benzene rings is 1. The van der Waals surface area contributed by atoms with Gasteiger partial charge in [0.15, 0.2) is 0 Å². The van der Waals surface area contributed by atoms with Gasteiger partial charge in [-0.3, -0.25) is 0 Å². The highest BCUT2D eigenvalue weighted by Crippen LogP contribution is 1.97. The molecule has 0 atom stereocenters. The maximum atomic E-state index is 3.63. The van der Waals surface area contributed by atoms with Crippen molar-refractivity contribution < 1.29 is 0 Å². The van der Waals surface area contributed by atoms with E-state index in [0.29, 0.717) is 0 Å². The van der Waals surface area contributed by atoms with Gasteiger partial charge in [-0.1, -0.05) is 49.6 Å². The van der Waals surface area contributed by atoms with Gasteiger partial charge in [0.05, 0.1) is 0 Å². The third kappa shape index (κ3) is 6.88. The summed E-state index contributed by atoms with van der Waals surface area (Å²) in [5.41, 5.74) is 1.17. The second kappa shape index (κ2) is 7.17. The van der Waals surface area contributed by atoms with Gasteiger partial charge < -0.3 is 4.90 Å². The SMILES string of the molecule is C=CN(C)C.C=Cc1ccccc1. The van der Waals surface area contributed by atoms with Crippen molar-refractivity contribution in [3.63, 3.8) is 0 Å². The Kier molecular flexibility index (Phi) is 6.34. The van der Waals surface area contributed by atoms with Crippen LogP contribution in [0.15, 0.2) is 49.7 Å². The van der Waals surface area contributed by atoms with Gasteiger partial charge in [0.1, 0.15) is 0 Å². The Bertz CT molecular complexity index is 237. The summed E-state index contributed by atoms with van der Waals surface area (Å²) >= 11 is 0. The first kappa shape index (κ1) is 11.5. The van der Waals surface area contributed by atoms with Crippen molar-refractivity contribution in [1.82, 2.24) is 4.90 Å². The minimum absolute atomic E-state index is 1.17. The van der Waals surface area contributed by atoms with Crippen LogP contribution in [-0.4, -0.2) is 19.0 Å². The molecule has 0 heterocycles. The minimum Gasteiger partial charge on any atom is -0.384 e. The summed E-state index contributed by atoms with van der Waals surface area (Å²) in [6.07, 6.45) is 3.58. The van der Waals surface area contributed by atoms with E-state index in [2.05, 4.69) is 13.2 Å². The largest absolute Gasteiger partial charge is 0.384 e. The predicted molar refractivity (Wildman–Crippen MR) is 60.4 cm³/mol. The average Bonchev–Trinajstić information content (AvgIpc) is 2.20. The van der Waals surface area contributed by atoms with E-state index in [1.807, 2.05) is 55.4 Å². The van der Waals surface area contributed by atoms with Gasteiger partial charge in [-0.2, -0.15) is 0 Å². The van der Waals surface area contributed by atoms with E-state index in [1.165, 1.54) is 5.56 Å². The van der Waals surface area contributed by atoms with Crippen LogP contribution in [0.25, 0.3) is 6.08 Å².